The Morgan fingerprint density at radius 3 is 2.82 bits per heavy atom. The second kappa shape index (κ2) is 6.35. The second-order valence-corrected chi connectivity index (χ2v) is 5.81. The van der Waals surface area contributed by atoms with Crippen molar-refractivity contribution in [1.82, 2.24) is 0 Å². The van der Waals surface area contributed by atoms with E-state index in [0.29, 0.717) is 6.42 Å². The number of rotatable bonds is 5. The fourth-order valence-electron chi connectivity index (χ4n) is 3.13. The number of carbonyl (C=O) groups excluding carboxylic acids is 1. The Labute approximate surface area is 131 Å². The first-order valence-electron chi connectivity index (χ1n) is 8.16. The first-order chi connectivity index (χ1) is 10.7. The Balaban J connectivity index is 1.98. The van der Waals surface area contributed by atoms with E-state index in [9.17, 15) is 4.79 Å². The molecule has 0 saturated carbocycles. The lowest BCUT2D eigenvalue weighted by Crippen LogP contribution is -2.12. The van der Waals surface area contributed by atoms with Crippen LogP contribution >= 0.6 is 0 Å². The Morgan fingerprint density at radius 2 is 2.05 bits per heavy atom. The van der Waals surface area contributed by atoms with Crippen LogP contribution < -0.4 is 0 Å². The molecule has 2 aromatic rings. The van der Waals surface area contributed by atoms with Crippen LogP contribution in [0.5, 0.6) is 0 Å². The molecule has 0 saturated heterocycles. The normalized spacial score (nSPS) is 16.0. The highest BCUT2D eigenvalue weighted by atomic mass is 16.5. The maximum Gasteiger partial charge on any atom is 0.306 e. The van der Waals surface area contributed by atoms with Crippen LogP contribution in [0.4, 0.5) is 0 Å². The van der Waals surface area contributed by atoms with Gasteiger partial charge in [-0.15, -0.1) is 0 Å². The highest BCUT2D eigenvalue weighted by Crippen LogP contribution is 2.37. The van der Waals surface area contributed by atoms with E-state index in [1.165, 1.54) is 21.9 Å². The van der Waals surface area contributed by atoms with Gasteiger partial charge in [-0.2, -0.15) is 0 Å². The molecule has 2 heteroatoms. The zero-order valence-corrected chi connectivity index (χ0v) is 13.3. The molecule has 1 atom stereocenters. The molecule has 0 radical (unpaired) electrons. The molecule has 114 valence electrons. The number of hydrogen-bond acceptors (Lipinski definition) is 2. The van der Waals surface area contributed by atoms with Crippen LogP contribution in [0.3, 0.4) is 0 Å². The molecular weight excluding hydrogens is 272 g/mol. The van der Waals surface area contributed by atoms with Gasteiger partial charge in [0, 0.05) is 12.0 Å². The number of ether oxygens (including phenoxy) is 1. The SMILES string of the molecule is CCCCC(=O)OC1C=Cc2c(CC)ccc3cccc1c23. The van der Waals surface area contributed by atoms with Gasteiger partial charge in [0.05, 0.1) is 0 Å². The van der Waals surface area contributed by atoms with Crippen LogP contribution in [0.15, 0.2) is 36.4 Å². The van der Waals surface area contributed by atoms with Gasteiger partial charge in [0.2, 0.25) is 0 Å². The Bertz CT molecular complexity index is 728. The molecule has 22 heavy (non-hydrogen) atoms. The summed E-state index contributed by atoms with van der Waals surface area (Å²) in [7, 11) is 0. The molecule has 0 fully saturated rings. The van der Waals surface area contributed by atoms with Gasteiger partial charge in [-0.05, 0) is 40.8 Å². The fraction of sp³-hybridized carbons (Fsp3) is 0.350. The Morgan fingerprint density at radius 1 is 1.18 bits per heavy atom. The monoisotopic (exact) mass is 294 g/mol. The van der Waals surface area contributed by atoms with E-state index >= 15 is 0 Å². The van der Waals surface area contributed by atoms with Crippen LogP contribution in [-0.4, -0.2) is 5.97 Å². The second-order valence-electron chi connectivity index (χ2n) is 5.81. The summed E-state index contributed by atoms with van der Waals surface area (Å²) in [5, 5.41) is 2.45. The minimum absolute atomic E-state index is 0.108. The first kappa shape index (κ1) is 14.8. The maximum absolute atomic E-state index is 12.0. The van der Waals surface area contributed by atoms with E-state index in [1.54, 1.807) is 0 Å². The summed E-state index contributed by atoms with van der Waals surface area (Å²) in [6.45, 7) is 4.25. The van der Waals surface area contributed by atoms with Crippen LogP contribution in [-0.2, 0) is 16.0 Å². The van der Waals surface area contributed by atoms with Crippen molar-refractivity contribution in [2.45, 2.75) is 45.6 Å². The molecule has 2 aromatic carbocycles. The number of benzene rings is 2. The third kappa shape index (κ3) is 2.66. The summed E-state index contributed by atoms with van der Waals surface area (Å²) in [5.41, 5.74) is 3.72. The average molecular weight is 294 g/mol. The summed E-state index contributed by atoms with van der Waals surface area (Å²) in [6, 6.07) is 10.6. The highest BCUT2D eigenvalue weighted by Gasteiger charge is 2.21. The molecule has 3 rings (SSSR count). The molecule has 0 aliphatic heterocycles. The lowest BCUT2D eigenvalue weighted by molar-refractivity contribution is -0.147. The summed E-state index contributed by atoms with van der Waals surface area (Å²) in [5.74, 6) is -0.108. The molecule has 0 spiro atoms. The van der Waals surface area contributed by atoms with Gasteiger partial charge >= 0.3 is 5.97 Å². The Kier molecular flexibility index (Phi) is 4.28. The third-order valence-corrected chi connectivity index (χ3v) is 4.33. The number of aryl methyl sites for hydroxylation is 1. The van der Waals surface area contributed by atoms with E-state index in [2.05, 4.69) is 44.2 Å². The molecule has 0 aromatic heterocycles. The summed E-state index contributed by atoms with van der Waals surface area (Å²) >= 11 is 0. The standard InChI is InChI=1S/C20H22O2/c1-3-5-9-19(21)22-18-13-12-16-14(4-2)10-11-15-7-6-8-17(18)20(15)16/h6-8,10-13,18H,3-5,9H2,1-2H3. The van der Waals surface area contributed by atoms with E-state index in [4.69, 9.17) is 4.74 Å². The molecule has 0 N–H and O–H groups in total. The van der Waals surface area contributed by atoms with Crippen molar-refractivity contribution in [2.24, 2.45) is 0 Å². The van der Waals surface area contributed by atoms with Gasteiger partial charge in [-0.25, -0.2) is 0 Å². The van der Waals surface area contributed by atoms with Crippen molar-refractivity contribution in [3.8, 4) is 0 Å². The van der Waals surface area contributed by atoms with Crippen LogP contribution in [0.1, 0.15) is 55.9 Å². The summed E-state index contributed by atoms with van der Waals surface area (Å²) in [6.07, 6.45) is 7.27. The molecule has 1 unspecified atom stereocenters. The maximum atomic E-state index is 12.0. The minimum Gasteiger partial charge on any atom is -0.453 e. The lowest BCUT2D eigenvalue weighted by atomic mass is 9.88. The van der Waals surface area contributed by atoms with Crippen molar-refractivity contribution >= 4 is 22.8 Å². The summed E-state index contributed by atoms with van der Waals surface area (Å²) < 4.78 is 5.69. The third-order valence-electron chi connectivity index (χ3n) is 4.33. The number of hydrogen-bond donors (Lipinski definition) is 0. The van der Waals surface area contributed by atoms with Crippen molar-refractivity contribution in [3.63, 3.8) is 0 Å². The highest BCUT2D eigenvalue weighted by molar-refractivity contribution is 5.96. The number of carbonyl (C=O) groups is 1. The van der Waals surface area contributed by atoms with Crippen LogP contribution in [0, 0.1) is 0 Å². The largest absolute Gasteiger partial charge is 0.453 e. The molecule has 0 amide bonds. The zero-order valence-electron chi connectivity index (χ0n) is 13.3. The van der Waals surface area contributed by atoms with Gasteiger partial charge in [-0.3, -0.25) is 4.79 Å². The first-order valence-corrected chi connectivity index (χ1v) is 8.16. The van der Waals surface area contributed by atoms with Gasteiger partial charge in [-0.1, -0.05) is 56.7 Å². The quantitative estimate of drug-likeness (QED) is 0.708. The van der Waals surface area contributed by atoms with Gasteiger partial charge in [0.15, 0.2) is 0 Å². The minimum atomic E-state index is -0.257. The molecule has 2 nitrogen and oxygen atoms in total. The van der Waals surface area contributed by atoms with Crippen molar-refractivity contribution in [1.29, 1.82) is 0 Å². The molecule has 1 aliphatic rings. The fourth-order valence-corrected chi connectivity index (χ4v) is 3.13. The van der Waals surface area contributed by atoms with Crippen molar-refractivity contribution in [2.75, 3.05) is 0 Å². The Hall–Kier alpha value is -2.09. The smallest absolute Gasteiger partial charge is 0.306 e. The molecule has 0 bridgehead atoms. The molecule has 0 heterocycles. The average Bonchev–Trinajstić information content (AvgIpc) is 2.55. The van der Waals surface area contributed by atoms with Gasteiger partial charge in [0.25, 0.3) is 0 Å². The topological polar surface area (TPSA) is 26.3 Å². The van der Waals surface area contributed by atoms with Crippen molar-refractivity contribution < 1.29 is 9.53 Å². The molecular formula is C20H22O2. The predicted molar refractivity (Wildman–Crippen MR) is 90.7 cm³/mol. The van der Waals surface area contributed by atoms with Gasteiger partial charge in [0.1, 0.15) is 6.10 Å². The zero-order chi connectivity index (χ0) is 15.5. The molecule has 1 aliphatic carbocycles. The number of esters is 1. The van der Waals surface area contributed by atoms with Crippen LogP contribution in [0.2, 0.25) is 0 Å². The van der Waals surface area contributed by atoms with E-state index in [1.807, 2.05) is 12.1 Å². The lowest BCUT2D eigenvalue weighted by Gasteiger charge is -2.23. The van der Waals surface area contributed by atoms with E-state index in [0.717, 1.165) is 24.8 Å². The van der Waals surface area contributed by atoms with E-state index in [-0.39, 0.29) is 12.1 Å². The summed E-state index contributed by atoms with van der Waals surface area (Å²) in [4.78, 5) is 12.0. The number of unbranched alkanes of at least 4 members (excludes halogenated alkanes) is 1. The van der Waals surface area contributed by atoms with Crippen molar-refractivity contribution in [3.05, 3.63) is 53.1 Å². The van der Waals surface area contributed by atoms with E-state index < -0.39 is 0 Å². The van der Waals surface area contributed by atoms with Crippen LogP contribution in [0.25, 0.3) is 16.8 Å². The predicted octanol–water partition coefficient (Wildman–Crippen LogP) is 5.20. The van der Waals surface area contributed by atoms with Gasteiger partial charge < -0.3 is 4.74 Å².